The van der Waals surface area contributed by atoms with E-state index in [-0.39, 0.29) is 17.6 Å². The lowest BCUT2D eigenvalue weighted by Gasteiger charge is -2.22. The molecule has 0 amide bonds. The Kier molecular flexibility index (Phi) is 7.67. The van der Waals surface area contributed by atoms with Crippen LogP contribution in [0.1, 0.15) is 68.6 Å². The van der Waals surface area contributed by atoms with Crippen LogP contribution in [0, 0.1) is 11.3 Å². The van der Waals surface area contributed by atoms with Crippen LogP contribution in [0.2, 0.25) is 5.02 Å². The van der Waals surface area contributed by atoms with E-state index in [0.717, 1.165) is 34.3 Å². The molecule has 0 unspecified atom stereocenters. The van der Waals surface area contributed by atoms with Crippen molar-refractivity contribution in [2.75, 3.05) is 10.6 Å². The molecule has 0 fully saturated rings. The van der Waals surface area contributed by atoms with Gasteiger partial charge in [-0.1, -0.05) is 60.1 Å². The van der Waals surface area contributed by atoms with Gasteiger partial charge >= 0.3 is 0 Å². The summed E-state index contributed by atoms with van der Waals surface area (Å²) in [7, 11) is 0. The Bertz CT molecular complexity index is 1650. The molecule has 0 saturated carbocycles. The van der Waals surface area contributed by atoms with Gasteiger partial charge in [0.05, 0.1) is 45.6 Å². The topological polar surface area (TPSA) is 104 Å². The van der Waals surface area contributed by atoms with Crippen molar-refractivity contribution < 1.29 is 0 Å². The molecule has 0 saturated heterocycles. The highest BCUT2D eigenvalue weighted by atomic mass is 35.5. The summed E-state index contributed by atoms with van der Waals surface area (Å²) in [5.41, 5.74) is 5.12. The van der Waals surface area contributed by atoms with E-state index in [2.05, 4.69) is 76.8 Å². The van der Waals surface area contributed by atoms with E-state index in [9.17, 15) is 5.26 Å². The van der Waals surface area contributed by atoms with Gasteiger partial charge in [-0.2, -0.15) is 5.26 Å². The van der Waals surface area contributed by atoms with E-state index in [0.29, 0.717) is 21.8 Å². The monoisotopic (exact) mass is 550 g/mol. The molecule has 0 radical (unpaired) electrons. The summed E-state index contributed by atoms with van der Waals surface area (Å²) in [5, 5.41) is 27.3. The quantitative estimate of drug-likeness (QED) is 0.209. The Morgan fingerprint density at radius 2 is 1.80 bits per heavy atom. The van der Waals surface area contributed by atoms with Crippen LogP contribution in [0.25, 0.3) is 10.9 Å². The van der Waals surface area contributed by atoms with Crippen LogP contribution in [0.5, 0.6) is 0 Å². The normalized spacial score (nSPS) is 13.0. The highest BCUT2D eigenvalue weighted by molar-refractivity contribution is 6.35. The first-order valence-corrected chi connectivity index (χ1v) is 13.6. The largest absolute Gasteiger partial charge is 0.377 e. The summed E-state index contributed by atoms with van der Waals surface area (Å²) in [5.74, 6) is 0. The Morgan fingerprint density at radius 3 is 2.45 bits per heavy atom. The predicted octanol–water partition coefficient (Wildman–Crippen LogP) is 7.27. The number of hydrogen-bond donors (Lipinski definition) is 2. The number of nitrogens with one attached hydrogen (secondary N) is 2. The predicted molar refractivity (Wildman–Crippen MR) is 159 cm³/mol. The Morgan fingerprint density at radius 1 is 1.02 bits per heavy atom. The number of benzene rings is 2. The smallest absolute Gasteiger partial charge is 0.110 e. The number of halogens is 1. The molecule has 40 heavy (non-hydrogen) atoms. The fourth-order valence-electron chi connectivity index (χ4n) is 4.64. The van der Waals surface area contributed by atoms with E-state index in [1.165, 1.54) is 0 Å². The van der Waals surface area contributed by atoms with Gasteiger partial charge in [-0.05, 0) is 56.5 Å². The summed E-state index contributed by atoms with van der Waals surface area (Å²) in [6.45, 7) is 8.35. The average Bonchev–Trinajstić information content (AvgIpc) is 3.46. The maximum Gasteiger partial charge on any atom is 0.110 e. The third-order valence-corrected chi connectivity index (χ3v) is 7.09. The highest BCUT2D eigenvalue weighted by Crippen LogP contribution is 2.37. The van der Waals surface area contributed by atoms with Crippen molar-refractivity contribution in [1.82, 2.24) is 25.0 Å². The fourth-order valence-corrected chi connectivity index (χ4v) is 4.91. The van der Waals surface area contributed by atoms with Crippen molar-refractivity contribution in [3.8, 4) is 6.07 Å². The Labute approximate surface area is 239 Å². The van der Waals surface area contributed by atoms with Gasteiger partial charge in [0.25, 0.3) is 0 Å². The van der Waals surface area contributed by atoms with Crippen molar-refractivity contribution in [3.63, 3.8) is 0 Å². The minimum Gasteiger partial charge on any atom is -0.377 e. The van der Waals surface area contributed by atoms with Crippen LogP contribution in [-0.4, -0.2) is 25.0 Å². The number of anilines is 2. The third kappa shape index (κ3) is 5.61. The minimum absolute atomic E-state index is 0.00451. The molecule has 202 valence electrons. The van der Waals surface area contributed by atoms with Gasteiger partial charge in [0, 0.05) is 29.7 Å². The van der Waals surface area contributed by atoms with Crippen LogP contribution in [-0.2, 0) is 5.54 Å². The number of pyridine rings is 2. The van der Waals surface area contributed by atoms with Gasteiger partial charge < -0.3 is 10.6 Å². The summed E-state index contributed by atoms with van der Waals surface area (Å²) >= 11 is 6.80. The Hall–Kier alpha value is -4.48. The van der Waals surface area contributed by atoms with Gasteiger partial charge in [-0.15, -0.1) is 5.10 Å². The Balaban J connectivity index is 1.60. The van der Waals surface area contributed by atoms with Crippen molar-refractivity contribution in [2.24, 2.45) is 0 Å². The first kappa shape index (κ1) is 27.1. The van der Waals surface area contributed by atoms with E-state index >= 15 is 0 Å². The van der Waals surface area contributed by atoms with Crippen LogP contribution >= 0.6 is 11.6 Å². The number of aromatic nitrogens is 5. The average molecular weight is 551 g/mol. The van der Waals surface area contributed by atoms with Crippen molar-refractivity contribution >= 4 is 33.9 Å². The molecular formula is C31H31ClN8. The van der Waals surface area contributed by atoms with Crippen molar-refractivity contribution in [1.29, 1.82) is 5.26 Å². The van der Waals surface area contributed by atoms with Crippen LogP contribution in [0.3, 0.4) is 0 Å². The van der Waals surface area contributed by atoms with Gasteiger partial charge in [-0.25, -0.2) is 4.68 Å². The third-order valence-electron chi connectivity index (χ3n) is 6.80. The summed E-state index contributed by atoms with van der Waals surface area (Å²) in [6.07, 6.45) is 7.90. The number of hydrogen-bond acceptors (Lipinski definition) is 7. The molecule has 2 aromatic carbocycles. The maximum atomic E-state index is 9.98. The first-order chi connectivity index (χ1) is 19.3. The molecule has 0 aliphatic rings. The van der Waals surface area contributed by atoms with Gasteiger partial charge in [0.2, 0.25) is 0 Å². The lowest BCUT2D eigenvalue weighted by Crippen LogP contribution is -2.22. The molecule has 8 nitrogen and oxygen atoms in total. The highest BCUT2D eigenvalue weighted by Gasteiger charge is 2.23. The van der Waals surface area contributed by atoms with E-state index < -0.39 is 0 Å². The fraction of sp³-hybridized carbons (Fsp3) is 0.258. The molecule has 5 aromatic rings. The SMILES string of the molecule is CC[C@@H](Nc1c(C#N)cnc2c(Cl)cc(N[C@@H](c3cccnc3)c3cn(C(C)(C)C)nn3)cc12)c1ccccc1. The molecule has 0 aliphatic heterocycles. The molecule has 3 aromatic heterocycles. The number of fused-ring (bicyclic) bond motifs is 1. The second-order valence-electron chi connectivity index (χ2n) is 10.7. The molecule has 9 heteroatoms. The van der Waals surface area contributed by atoms with Gasteiger partial charge in [0.15, 0.2) is 0 Å². The molecule has 0 bridgehead atoms. The van der Waals surface area contributed by atoms with E-state index in [1.54, 1.807) is 12.4 Å². The molecule has 2 atom stereocenters. The van der Waals surface area contributed by atoms with Crippen molar-refractivity contribution in [2.45, 2.75) is 51.7 Å². The number of nitriles is 1. The second-order valence-corrected chi connectivity index (χ2v) is 11.1. The zero-order valence-corrected chi connectivity index (χ0v) is 23.7. The van der Waals surface area contributed by atoms with Crippen LogP contribution in [0.15, 0.2) is 79.4 Å². The van der Waals surface area contributed by atoms with Crippen LogP contribution < -0.4 is 10.6 Å². The molecule has 3 heterocycles. The number of rotatable bonds is 8. The van der Waals surface area contributed by atoms with Crippen molar-refractivity contribution in [3.05, 3.63) is 107 Å². The maximum absolute atomic E-state index is 9.98. The summed E-state index contributed by atoms with van der Waals surface area (Å²) < 4.78 is 1.85. The second kappa shape index (κ2) is 11.3. The molecule has 0 spiro atoms. The first-order valence-electron chi connectivity index (χ1n) is 13.2. The van der Waals surface area contributed by atoms with Gasteiger partial charge in [0.1, 0.15) is 11.8 Å². The van der Waals surface area contributed by atoms with E-state index in [4.69, 9.17) is 11.6 Å². The lowest BCUT2D eigenvalue weighted by atomic mass is 10.0. The molecular weight excluding hydrogens is 520 g/mol. The van der Waals surface area contributed by atoms with E-state index in [1.807, 2.05) is 59.5 Å². The summed E-state index contributed by atoms with van der Waals surface area (Å²) in [6, 6.07) is 19.9. The molecule has 5 rings (SSSR count). The number of nitrogens with zero attached hydrogens (tertiary/aromatic N) is 6. The summed E-state index contributed by atoms with van der Waals surface area (Å²) in [4.78, 5) is 8.85. The van der Waals surface area contributed by atoms with Crippen LogP contribution in [0.4, 0.5) is 11.4 Å². The zero-order chi connectivity index (χ0) is 28.3. The lowest BCUT2D eigenvalue weighted by molar-refractivity contribution is 0.347. The molecule has 0 aliphatic carbocycles. The standard InChI is InChI=1S/C31H31ClN8/c1-5-26(20-10-7-6-8-11-20)37-28-22(16-33)18-35-30-24(28)14-23(15-25(30)32)36-29(21-12-9-13-34-17-21)27-19-40(39-38-27)31(2,3)4/h6-15,17-19,26,29,36H,5H2,1-4H3,(H,35,37)/t26-,29+/m1/s1. The minimum atomic E-state index is -0.338. The van der Waals surface area contributed by atoms with Gasteiger partial charge in [-0.3, -0.25) is 9.97 Å². The molecule has 2 N–H and O–H groups in total. The zero-order valence-electron chi connectivity index (χ0n) is 22.9.